The molecule has 2 heterocycles. The quantitative estimate of drug-likeness (QED) is 0.701. The summed E-state index contributed by atoms with van der Waals surface area (Å²) in [6.45, 7) is 1.50. The van der Waals surface area contributed by atoms with Crippen LogP contribution in [0.15, 0.2) is 53.1 Å². The van der Waals surface area contributed by atoms with Gasteiger partial charge in [-0.2, -0.15) is 17.9 Å². The first kappa shape index (κ1) is 21.6. The van der Waals surface area contributed by atoms with Crippen LogP contribution in [0.3, 0.4) is 0 Å². The van der Waals surface area contributed by atoms with Gasteiger partial charge < -0.3 is 10.2 Å². The van der Waals surface area contributed by atoms with Crippen molar-refractivity contribution in [3.8, 4) is 5.95 Å². The smallest absolute Gasteiger partial charge is 0.433 e. The summed E-state index contributed by atoms with van der Waals surface area (Å²) in [4.78, 5) is 39.3. The van der Waals surface area contributed by atoms with E-state index in [2.05, 4.69) is 15.1 Å². The number of carboxylic acid groups (broad SMARTS) is 2. The van der Waals surface area contributed by atoms with Crippen molar-refractivity contribution in [3.63, 3.8) is 0 Å². The number of carboxylic acids is 2. The molecule has 0 aromatic carbocycles. The van der Waals surface area contributed by atoms with Crippen molar-refractivity contribution in [1.82, 2.24) is 19.7 Å². The number of halogens is 3. The molecule has 1 unspecified atom stereocenters. The van der Waals surface area contributed by atoms with Crippen LogP contribution in [0.25, 0.3) is 5.95 Å². The second kappa shape index (κ2) is 8.12. The highest BCUT2D eigenvalue weighted by Gasteiger charge is 2.34. The van der Waals surface area contributed by atoms with Crippen molar-refractivity contribution < 1.29 is 33.0 Å². The van der Waals surface area contributed by atoms with Gasteiger partial charge in [0.25, 0.3) is 11.5 Å². The number of allylic oxidation sites excluding steroid dienone is 2. The third-order valence-electron chi connectivity index (χ3n) is 3.87. The molecule has 2 aromatic rings. The van der Waals surface area contributed by atoms with Crippen LogP contribution < -0.4 is 5.56 Å². The molecule has 1 aliphatic carbocycles. The van der Waals surface area contributed by atoms with Gasteiger partial charge in [0.15, 0.2) is 0 Å². The largest absolute Gasteiger partial charge is 0.481 e. The van der Waals surface area contributed by atoms with Crippen LogP contribution in [0.1, 0.15) is 19.0 Å². The minimum atomic E-state index is -4.56. The average Bonchev–Trinajstić information content (AvgIpc) is 3.07. The number of nitrogens with one attached hydrogen (secondary N) is 1. The van der Waals surface area contributed by atoms with E-state index in [1.54, 1.807) is 0 Å². The highest BCUT2D eigenvalue weighted by atomic mass is 19.4. The van der Waals surface area contributed by atoms with E-state index in [9.17, 15) is 27.6 Å². The van der Waals surface area contributed by atoms with Gasteiger partial charge in [-0.15, -0.1) is 0 Å². The van der Waals surface area contributed by atoms with Crippen molar-refractivity contribution in [2.24, 2.45) is 5.41 Å². The Balaban J connectivity index is 0.000000212. The van der Waals surface area contributed by atoms with Gasteiger partial charge in [-0.25, -0.2) is 14.8 Å². The molecule has 12 heteroatoms. The van der Waals surface area contributed by atoms with Gasteiger partial charge in [-0.1, -0.05) is 18.2 Å². The van der Waals surface area contributed by atoms with Crippen molar-refractivity contribution in [2.45, 2.75) is 19.5 Å². The van der Waals surface area contributed by atoms with E-state index in [1.165, 1.54) is 31.3 Å². The monoisotopic (exact) mass is 412 g/mol. The van der Waals surface area contributed by atoms with Crippen molar-refractivity contribution in [1.29, 1.82) is 0 Å². The molecule has 9 nitrogen and oxygen atoms in total. The molecule has 3 N–H and O–H groups in total. The lowest BCUT2D eigenvalue weighted by atomic mass is 9.80. The minimum absolute atomic E-state index is 0.0359. The molecule has 0 radical (unpaired) electrons. The van der Waals surface area contributed by atoms with E-state index >= 15 is 0 Å². The third kappa shape index (κ3) is 5.18. The highest BCUT2D eigenvalue weighted by molar-refractivity contribution is 5.90. The Morgan fingerprint density at radius 2 is 1.97 bits per heavy atom. The van der Waals surface area contributed by atoms with Gasteiger partial charge in [0.05, 0.1) is 5.41 Å². The molecule has 0 spiro atoms. The number of carbonyl (C=O) groups is 2. The van der Waals surface area contributed by atoms with E-state index in [4.69, 9.17) is 10.2 Å². The lowest BCUT2D eigenvalue weighted by Gasteiger charge is -2.23. The molecule has 0 aliphatic heterocycles. The first-order valence-corrected chi connectivity index (χ1v) is 7.96. The van der Waals surface area contributed by atoms with Crippen LogP contribution in [0, 0.1) is 5.41 Å². The average molecular weight is 412 g/mol. The Hall–Kier alpha value is -3.70. The molecule has 1 aliphatic rings. The summed E-state index contributed by atoms with van der Waals surface area (Å²) in [6.07, 6.45) is 2.10. The summed E-state index contributed by atoms with van der Waals surface area (Å²) in [5.41, 5.74) is -2.58. The summed E-state index contributed by atoms with van der Waals surface area (Å²) >= 11 is 0. The van der Waals surface area contributed by atoms with E-state index in [-0.39, 0.29) is 17.9 Å². The standard InChI is InChI=1S/C9H10O4.C8H5F3N4O/c1-9(8(12)13)4-2-3-6(5-9)7(10)11;9-8(10,11)5-1-3-12-7(14-5)15-6(16)2-4-13-15/h2-4H,5H2,1H3,(H,10,11)(H,12,13);1-4,13H. The number of aliphatic carboxylic acids is 2. The summed E-state index contributed by atoms with van der Waals surface area (Å²) in [5.74, 6) is -2.41. The maximum atomic E-state index is 12.3. The Bertz CT molecular complexity index is 1040. The number of hydrogen-bond acceptors (Lipinski definition) is 5. The molecule has 0 bridgehead atoms. The van der Waals surface area contributed by atoms with E-state index in [0.717, 1.165) is 23.0 Å². The van der Waals surface area contributed by atoms with Gasteiger partial charge in [-0.05, 0) is 19.4 Å². The fourth-order valence-electron chi connectivity index (χ4n) is 2.28. The number of hydrogen-bond donors (Lipinski definition) is 3. The summed E-state index contributed by atoms with van der Waals surface area (Å²) < 4.78 is 37.8. The van der Waals surface area contributed by atoms with Crippen molar-refractivity contribution in [2.75, 3.05) is 0 Å². The predicted octanol–water partition coefficient (Wildman–Crippen LogP) is 2.02. The third-order valence-corrected chi connectivity index (χ3v) is 3.87. The highest BCUT2D eigenvalue weighted by Crippen LogP contribution is 2.31. The molecule has 0 saturated heterocycles. The van der Waals surface area contributed by atoms with Gasteiger partial charge in [-0.3, -0.25) is 14.7 Å². The summed E-state index contributed by atoms with van der Waals surface area (Å²) in [6, 6.07) is 1.89. The zero-order valence-electron chi connectivity index (χ0n) is 14.8. The van der Waals surface area contributed by atoms with Crippen LogP contribution in [0.2, 0.25) is 0 Å². The molecule has 0 saturated carbocycles. The van der Waals surface area contributed by atoms with Crippen molar-refractivity contribution in [3.05, 3.63) is 64.4 Å². The first-order valence-electron chi connectivity index (χ1n) is 7.96. The zero-order chi connectivity index (χ0) is 21.8. The number of H-pyrrole nitrogens is 1. The summed E-state index contributed by atoms with van der Waals surface area (Å²) in [7, 11) is 0. The minimum Gasteiger partial charge on any atom is -0.481 e. The van der Waals surface area contributed by atoms with Gasteiger partial charge in [0, 0.05) is 24.0 Å². The Kier molecular flexibility index (Phi) is 6.05. The maximum absolute atomic E-state index is 12.3. The zero-order valence-corrected chi connectivity index (χ0v) is 14.8. The molecule has 1 atom stereocenters. The second-order valence-corrected chi connectivity index (χ2v) is 6.13. The molecular weight excluding hydrogens is 397 g/mol. The second-order valence-electron chi connectivity index (χ2n) is 6.13. The fourth-order valence-corrected chi connectivity index (χ4v) is 2.28. The van der Waals surface area contributed by atoms with Gasteiger partial charge >= 0.3 is 18.1 Å². The Morgan fingerprint density at radius 3 is 2.48 bits per heavy atom. The number of aromatic amines is 1. The molecule has 154 valence electrons. The number of rotatable bonds is 3. The van der Waals surface area contributed by atoms with E-state index in [1.807, 2.05) is 0 Å². The maximum Gasteiger partial charge on any atom is 0.433 e. The van der Waals surface area contributed by atoms with Crippen LogP contribution in [-0.4, -0.2) is 41.9 Å². The Labute approximate surface area is 160 Å². The molecule has 29 heavy (non-hydrogen) atoms. The van der Waals surface area contributed by atoms with Gasteiger partial charge in [0.1, 0.15) is 5.69 Å². The SMILES string of the molecule is CC1(C(=O)O)C=CC=C(C(=O)O)C1.O=c1cc[nH]n1-c1nccc(C(F)(F)F)n1. The summed E-state index contributed by atoms with van der Waals surface area (Å²) in [5, 5.41) is 19.9. The van der Waals surface area contributed by atoms with Crippen molar-refractivity contribution >= 4 is 11.9 Å². The molecule has 0 fully saturated rings. The van der Waals surface area contributed by atoms with Crippen LogP contribution in [-0.2, 0) is 15.8 Å². The molecule has 0 amide bonds. The number of nitrogens with zero attached hydrogens (tertiary/aromatic N) is 3. The number of aromatic nitrogens is 4. The fraction of sp³-hybridized carbons (Fsp3) is 0.235. The molecule has 3 rings (SSSR count). The molecular formula is C17H15F3N4O5. The Morgan fingerprint density at radius 1 is 1.28 bits per heavy atom. The lowest BCUT2D eigenvalue weighted by Crippen LogP contribution is -2.28. The molecule has 2 aromatic heterocycles. The van der Waals surface area contributed by atoms with Crippen LogP contribution in [0.4, 0.5) is 13.2 Å². The van der Waals surface area contributed by atoms with Gasteiger partial charge in [0.2, 0.25) is 0 Å². The van der Waals surface area contributed by atoms with E-state index in [0.29, 0.717) is 0 Å². The van der Waals surface area contributed by atoms with Crippen LogP contribution in [0.5, 0.6) is 0 Å². The predicted molar refractivity (Wildman–Crippen MR) is 92.2 cm³/mol. The first-order chi connectivity index (χ1) is 13.4. The number of alkyl halides is 3. The topological polar surface area (TPSA) is 138 Å². The van der Waals surface area contributed by atoms with Crippen LogP contribution >= 0.6 is 0 Å². The normalized spacial score (nSPS) is 18.4. The lowest BCUT2D eigenvalue weighted by molar-refractivity contribution is -0.145. The van der Waals surface area contributed by atoms with E-state index < -0.39 is 34.8 Å².